The van der Waals surface area contributed by atoms with Gasteiger partial charge in [-0.1, -0.05) is 25.1 Å². The molecule has 0 spiro atoms. The van der Waals surface area contributed by atoms with Crippen LogP contribution in [0.5, 0.6) is 17.2 Å². The summed E-state index contributed by atoms with van der Waals surface area (Å²) in [6, 6.07) is 14.3. The Morgan fingerprint density at radius 3 is 2.57 bits per heavy atom. The Hall–Kier alpha value is -3.46. The second-order valence-electron chi connectivity index (χ2n) is 5.81. The molecule has 6 nitrogen and oxygen atoms in total. The Morgan fingerprint density at radius 1 is 1.11 bits per heavy atom. The van der Waals surface area contributed by atoms with Gasteiger partial charge in [0, 0.05) is 0 Å². The molecular weight excluding hydrogens is 356 g/mol. The molecular formula is C22H24N2O4. The lowest BCUT2D eigenvalue weighted by Crippen LogP contribution is -2.14. The lowest BCUT2D eigenvalue weighted by Gasteiger charge is -2.12. The number of para-hydroxylation sites is 2. The van der Waals surface area contributed by atoms with Crippen LogP contribution in [0.4, 0.5) is 5.69 Å². The summed E-state index contributed by atoms with van der Waals surface area (Å²) >= 11 is 0. The molecule has 2 rings (SSSR count). The minimum Gasteiger partial charge on any atom is -0.495 e. The summed E-state index contributed by atoms with van der Waals surface area (Å²) in [5.41, 5.74) is 1.13. The average molecular weight is 380 g/mol. The lowest BCUT2D eigenvalue weighted by molar-refractivity contribution is -0.112. The fourth-order valence-corrected chi connectivity index (χ4v) is 2.47. The van der Waals surface area contributed by atoms with E-state index in [1.807, 2.05) is 19.9 Å². The number of benzene rings is 2. The van der Waals surface area contributed by atoms with E-state index in [0.717, 1.165) is 6.42 Å². The third-order valence-electron chi connectivity index (χ3n) is 3.76. The first-order valence-corrected chi connectivity index (χ1v) is 9.08. The molecule has 0 aromatic heterocycles. The SMILES string of the molecule is CCCOc1ccc(/C=C(\C#N)C(=O)Nc2ccccc2OC)cc1OCC. The second kappa shape index (κ2) is 10.6. The van der Waals surface area contributed by atoms with Crippen LogP contribution in [0.2, 0.25) is 0 Å². The predicted molar refractivity (Wildman–Crippen MR) is 109 cm³/mol. The molecule has 28 heavy (non-hydrogen) atoms. The first kappa shape index (κ1) is 20.8. The van der Waals surface area contributed by atoms with Gasteiger partial charge in [-0.15, -0.1) is 0 Å². The van der Waals surface area contributed by atoms with Crippen molar-refractivity contribution in [2.75, 3.05) is 25.6 Å². The van der Waals surface area contributed by atoms with Crippen molar-refractivity contribution in [3.05, 3.63) is 53.6 Å². The summed E-state index contributed by atoms with van der Waals surface area (Å²) in [6.07, 6.45) is 2.39. The van der Waals surface area contributed by atoms with E-state index in [0.29, 0.717) is 41.7 Å². The van der Waals surface area contributed by atoms with Crippen molar-refractivity contribution in [3.63, 3.8) is 0 Å². The topological polar surface area (TPSA) is 80.6 Å². The number of hydrogen-bond donors (Lipinski definition) is 1. The fourth-order valence-electron chi connectivity index (χ4n) is 2.47. The smallest absolute Gasteiger partial charge is 0.266 e. The number of rotatable bonds is 9. The highest BCUT2D eigenvalue weighted by Gasteiger charge is 2.13. The van der Waals surface area contributed by atoms with Crippen molar-refractivity contribution in [1.82, 2.24) is 0 Å². The predicted octanol–water partition coefficient (Wildman–Crippen LogP) is 4.43. The summed E-state index contributed by atoms with van der Waals surface area (Å²) in [4.78, 5) is 12.5. The third-order valence-corrected chi connectivity index (χ3v) is 3.76. The molecule has 0 unspecified atom stereocenters. The van der Waals surface area contributed by atoms with Gasteiger partial charge in [-0.3, -0.25) is 4.79 Å². The van der Waals surface area contributed by atoms with Crippen LogP contribution in [0.25, 0.3) is 6.08 Å². The maximum Gasteiger partial charge on any atom is 0.266 e. The van der Waals surface area contributed by atoms with Gasteiger partial charge in [0.25, 0.3) is 5.91 Å². The molecule has 2 aromatic rings. The van der Waals surface area contributed by atoms with Crippen LogP contribution in [0.15, 0.2) is 48.0 Å². The first-order valence-electron chi connectivity index (χ1n) is 9.08. The van der Waals surface area contributed by atoms with E-state index in [9.17, 15) is 10.1 Å². The van der Waals surface area contributed by atoms with Crippen LogP contribution in [0.1, 0.15) is 25.8 Å². The number of nitrogens with zero attached hydrogens (tertiary/aromatic N) is 1. The van der Waals surface area contributed by atoms with Crippen LogP contribution in [0.3, 0.4) is 0 Å². The molecule has 0 fully saturated rings. The highest BCUT2D eigenvalue weighted by Crippen LogP contribution is 2.30. The summed E-state index contributed by atoms with van der Waals surface area (Å²) in [6.45, 7) is 4.97. The second-order valence-corrected chi connectivity index (χ2v) is 5.81. The molecule has 1 amide bonds. The fraction of sp³-hybridized carbons (Fsp3) is 0.273. The number of nitrogens with one attached hydrogen (secondary N) is 1. The van der Waals surface area contributed by atoms with Crippen molar-refractivity contribution in [3.8, 4) is 23.3 Å². The Bertz CT molecular complexity index is 884. The molecule has 6 heteroatoms. The molecule has 0 atom stereocenters. The Balaban J connectivity index is 2.26. The Morgan fingerprint density at radius 2 is 1.89 bits per heavy atom. The molecule has 0 aliphatic heterocycles. The van der Waals surface area contributed by atoms with Gasteiger partial charge in [0.15, 0.2) is 11.5 Å². The van der Waals surface area contributed by atoms with E-state index in [1.54, 1.807) is 42.5 Å². The van der Waals surface area contributed by atoms with Gasteiger partial charge in [0.1, 0.15) is 17.4 Å². The van der Waals surface area contributed by atoms with Crippen LogP contribution in [0, 0.1) is 11.3 Å². The van der Waals surface area contributed by atoms with Crippen molar-refractivity contribution in [1.29, 1.82) is 5.26 Å². The minimum atomic E-state index is -0.517. The zero-order chi connectivity index (χ0) is 20.4. The zero-order valence-corrected chi connectivity index (χ0v) is 16.3. The maximum atomic E-state index is 12.5. The first-order chi connectivity index (χ1) is 13.6. The summed E-state index contributed by atoms with van der Waals surface area (Å²) in [5, 5.41) is 12.1. The molecule has 1 N–H and O–H groups in total. The quantitative estimate of drug-likeness (QED) is 0.514. The molecule has 146 valence electrons. The molecule has 0 radical (unpaired) electrons. The number of carbonyl (C=O) groups excluding carboxylic acids is 1. The number of methoxy groups -OCH3 is 1. The van der Waals surface area contributed by atoms with Gasteiger partial charge in [-0.05, 0) is 49.2 Å². The number of amides is 1. The van der Waals surface area contributed by atoms with E-state index in [4.69, 9.17) is 14.2 Å². The van der Waals surface area contributed by atoms with Crippen LogP contribution >= 0.6 is 0 Å². The summed E-state index contributed by atoms with van der Waals surface area (Å²) in [7, 11) is 1.52. The lowest BCUT2D eigenvalue weighted by atomic mass is 10.1. The average Bonchev–Trinajstić information content (AvgIpc) is 2.72. The normalized spacial score (nSPS) is 10.7. The highest BCUT2D eigenvalue weighted by atomic mass is 16.5. The van der Waals surface area contributed by atoms with E-state index in [-0.39, 0.29) is 5.57 Å². The Labute approximate surface area is 165 Å². The van der Waals surface area contributed by atoms with Crippen molar-refractivity contribution < 1.29 is 19.0 Å². The molecule has 0 bridgehead atoms. The molecule has 0 saturated carbocycles. The minimum absolute atomic E-state index is 0.0319. The highest BCUT2D eigenvalue weighted by molar-refractivity contribution is 6.10. The zero-order valence-electron chi connectivity index (χ0n) is 16.3. The van der Waals surface area contributed by atoms with Crippen LogP contribution in [-0.2, 0) is 4.79 Å². The van der Waals surface area contributed by atoms with Gasteiger partial charge in [0.05, 0.1) is 26.0 Å². The number of nitriles is 1. The summed E-state index contributed by atoms with van der Waals surface area (Å²) < 4.78 is 16.5. The molecule has 0 aliphatic rings. The number of anilines is 1. The molecule has 0 saturated heterocycles. The number of hydrogen-bond acceptors (Lipinski definition) is 5. The van der Waals surface area contributed by atoms with Gasteiger partial charge in [0.2, 0.25) is 0 Å². The number of carbonyl (C=O) groups is 1. The van der Waals surface area contributed by atoms with E-state index < -0.39 is 5.91 Å². The molecule has 2 aromatic carbocycles. The van der Waals surface area contributed by atoms with Crippen LogP contribution < -0.4 is 19.5 Å². The maximum absolute atomic E-state index is 12.5. The van der Waals surface area contributed by atoms with E-state index in [1.165, 1.54) is 13.2 Å². The molecule has 0 heterocycles. The van der Waals surface area contributed by atoms with Crippen molar-refractivity contribution >= 4 is 17.7 Å². The summed E-state index contributed by atoms with van der Waals surface area (Å²) in [5.74, 6) is 1.21. The van der Waals surface area contributed by atoms with Gasteiger partial charge in [-0.2, -0.15) is 5.26 Å². The monoisotopic (exact) mass is 380 g/mol. The van der Waals surface area contributed by atoms with Crippen molar-refractivity contribution in [2.24, 2.45) is 0 Å². The third kappa shape index (κ3) is 5.52. The largest absolute Gasteiger partial charge is 0.495 e. The van der Waals surface area contributed by atoms with Gasteiger partial charge < -0.3 is 19.5 Å². The number of ether oxygens (including phenoxy) is 3. The molecule has 0 aliphatic carbocycles. The van der Waals surface area contributed by atoms with Gasteiger partial charge in [-0.25, -0.2) is 0 Å². The van der Waals surface area contributed by atoms with E-state index in [2.05, 4.69) is 5.32 Å². The van der Waals surface area contributed by atoms with Crippen molar-refractivity contribution in [2.45, 2.75) is 20.3 Å². The standard InChI is InChI=1S/C22H24N2O4/c1-4-12-28-20-11-10-16(14-21(20)27-5-2)13-17(15-23)22(25)24-18-8-6-7-9-19(18)26-3/h6-11,13-14H,4-5,12H2,1-3H3,(H,24,25)/b17-13+. The Kier molecular flexibility index (Phi) is 7.92. The van der Waals surface area contributed by atoms with E-state index >= 15 is 0 Å². The van der Waals surface area contributed by atoms with Crippen LogP contribution in [-0.4, -0.2) is 26.2 Å². The van der Waals surface area contributed by atoms with Gasteiger partial charge >= 0.3 is 0 Å².